The average Bonchev–Trinajstić information content (AvgIpc) is 3.02. The van der Waals surface area contributed by atoms with Crippen molar-refractivity contribution in [3.05, 3.63) is 65.6 Å². The summed E-state index contributed by atoms with van der Waals surface area (Å²) in [6.45, 7) is 5.88. The smallest absolute Gasteiger partial charge is 0.234 e. The van der Waals surface area contributed by atoms with E-state index >= 15 is 0 Å². The molecule has 2 amide bonds. The van der Waals surface area contributed by atoms with Crippen LogP contribution in [0.5, 0.6) is 0 Å². The minimum atomic E-state index is -0.182. The first-order valence-corrected chi connectivity index (χ1v) is 10.3. The van der Waals surface area contributed by atoms with Crippen molar-refractivity contribution in [3.63, 3.8) is 0 Å². The number of nitrogens with one attached hydrogen (secondary N) is 2. The molecule has 0 spiro atoms. The molecule has 3 aromatic rings. The minimum absolute atomic E-state index is 0.137. The SMILES string of the molecule is Cc1ccc(NC(=O)CSCC(=O)Nc2ccc(-n3nc(C)cc3C)nc2)cc1. The van der Waals surface area contributed by atoms with E-state index < -0.39 is 0 Å². The van der Waals surface area contributed by atoms with Crippen LogP contribution in [0, 0.1) is 20.8 Å². The Kier molecular flexibility index (Phi) is 6.66. The second-order valence-electron chi connectivity index (χ2n) is 6.70. The zero-order valence-electron chi connectivity index (χ0n) is 16.6. The molecule has 0 saturated heterocycles. The molecule has 0 atom stereocenters. The molecule has 0 unspecified atom stereocenters. The number of benzene rings is 1. The van der Waals surface area contributed by atoms with Gasteiger partial charge in [0, 0.05) is 11.4 Å². The van der Waals surface area contributed by atoms with Crippen LogP contribution in [0.2, 0.25) is 0 Å². The summed E-state index contributed by atoms with van der Waals surface area (Å²) in [6.07, 6.45) is 1.60. The number of hydrogen-bond acceptors (Lipinski definition) is 5. The Hall–Kier alpha value is -3.13. The zero-order chi connectivity index (χ0) is 20.8. The molecule has 2 aromatic heterocycles. The molecule has 0 aliphatic heterocycles. The summed E-state index contributed by atoms with van der Waals surface area (Å²) in [6, 6.07) is 13.1. The van der Waals surface area contributed by atoms with Gasteiger partial charge in [-0.1, -0.05) is 17.7 Å². The Balaban J connectivity index is 1.44. The van der Waals surface area contributed by atoms with E-state index in [1.54, 1.807) is 23.0 Å². The first-order chi connectivity index (χ1) is 13.9. The Labute approximate surface area is 173 Å². The van der Waals surface area contributed by atoms with Crippen molar-refractivity contribution in [3.8, 4) is 5.82 Å². The largest absolute Gasteiger partial charge is 0.325 e. The molecule has 29 heavy (non-hydrogen) atoms. The first kappa shape index (κ1) is 20.6. The third-order valence-electron chi connectivity index (χ3n) is 4.06. The monoisotopic (exact) mass is 409 g/mol. The van der Waals surface area contributed by atoms with Gasteiger partial charge in [0.15, 0.2) is 5.82 Å². The molecule has 0 aliphatic carbocycles. The predicted octanol–water partition coefficient (Wildman–Crippen LogP) is 3.50. The van der Waals surface area contributed by atoms with E-state index in [4.69, 9.17) is 0 Å². The van der Waals surface area contributed by atoms with Crippen LogP contribution in [0.4, 0.5) is 11.4 Å². The van der Waals surface area contributed by atoms with E-state index in [0.717, 1.165) is 22.6 Å². The third kappa shape index (κ3) is 5.92. The van der Waals surface area contributed by atoms with Gasteiger partial charge in [-0.05, 0) is 51.1 Å². The minimum Gasteiger partial charge on any atom is -0.325 e. The topological polar surface area (TPSA) is 88.9 Å². The lowest BCUT2D eigenvalue weighted by molar-refractivity contribution is -0.114. The van der Waals surface area contributed by atoms with Crippen molar-refractivity contribution in [1.82, 2.24) is 14.8 Å². The van der Waals surface area contributed by atoms with E-state index in [0.29, 0.717) is 11.5 Å². The third-order valence-corrected chi connectivity index (χ3v) is 4.99. The van der Waals surface area contributed by atoms with Crippen LogP contribution in [-0.4, -0.2) is 38.1 Å². The number of amides is 2. The first-order valence-electron chi connectivity index (χ1n) is 9.14. The van der Waals surface area contributed by atoms with E-state index in [9.17, 15) is 9.59 Å². The number of carbonyl (C=O) groups is 2. The zero-order valence-corrected chi connectivity index (χ0v) is 17.4. The standard InChI is InChI=1S/C21H23N5O2S/c1-14-4-6-17(7-5-14)23-20(27)12-29-13-21(28)24-18-8-9-19(22-11-18)26-16(3)10-15(2)25-26/h4-11H,12-13H2,1-3H3,(H,23,27)(H,24,28). The average molecular weight is 410 g/mol. The van der Waals surface area contributed by atoms with Gasteiger partial charge < -0.3 is 10.6 Å². The normalized spacial score (nSPS) is 10.6. The van der Waals surface area contributed by atoms with Crippen LogP contribution >= 0.6 is 11.8 Å². The van der Waals surface area contributed by atoms with E-state index in [1.165, 1.54) is 11.8 Å². The molecule has 0 aliphatic rings. The maximum atomic E-state index is 12.1. The summed E-state index contributed by atoms with van der Waals surface area (Å²) in [4.78, 5) is 28.4. The molecule has 0 radical (unpaired) electrons. The van der Waals surface area contributed by atoms with Crippen LogP contribution in [0.15, 0.2) is 48.7 Å². The Morgan fingerprint density at radius 3 is 2.10 bits per heavy atom. The maximum absolute atomic E-state index is 12.1. The van der Waals surface area contributed by atoms with Crippen molar-refractivity contribution in [2.75, 3.05) is 22.1 Å². The van der Waals surface area contributed by atoms with E-state index in [-0.39, 0.29) is 23.3 Å². The van der Waals surface area contributed by atoms with Crippen molar-refractivity contribution >= 4 is 35.0 Å². The van der Waals surface area contributed by atoms with Gasteiger partial charge in [-0.15, -0.1) is 11.8 Å². The summed E-state index contributed by atoms with van der Waals surface area (Å²) in [5, 5.41) is 9.99. The van der Waals surface area contributed by atoms with Gasteiger partial charge in [0.2, 0.25) is 11.8 Å². The molecule has 0 bridgehead atoms. The van der Waals surface area contributed by atoms with Gasteiger partial charge in [-0.3, -0.25) is 9.59 Å². The molecular weight excluding hydrogens is 386 g/mol. The fraction of sp³-hybridized carbons (Fsp3) is 0.238. The summed E-state index contributed by atoms with van der Waals surface area (Å²) in [5.74, 6) is 0.758. The molecule has 1 aromatic carbocycles. The Bertz CT molecular complexity index is 997. The van der Waals surface area contributed by atoms with Gasteiger partial charge in [0.05, 0.1) is 29.1 Å². The molecule has 3 rings (SSSR count). The molecule has 0 fully saturated rings. The predicted molar refractivity (Wildman–Crippen MR) is 117 cm³/mol. The van der Waals surface area contributed by atoms with Crippen molar-refractivity contribution in [1.29, 1.82) is 0 Å². The molecule has 7 nitrogen and oxygen atoms in total. The highest BCUT2D eigenvalue weighted by Crippen LogP contribution is 2.14. The van der Waals surface area contributed by atoms with Crippen LogP contribution in [0.1, 0.15) is 17.0 Å². The van der Waals surface area contributed by atoms with Gasteiger partial charge in [0.25, 0.3) is 0 Å². The van der Waals surface area contributed by atoms with Gasteiger partial charge in [0.1, 0.15) is 0 Å². The lowest BCUT2D eigenvalue weighted by Crippen LogP contribution is -2.18. The lowest BCUT2D eigenvalue weighted by Gasteiger charge is -2.08. The summed E-state index contributed by atoms with van der Waals surface area (Å²) in [5.41, 5.74) is 4.40. The number of aryl methyl sites for hydroxylation is 3. The van der Waals surface area contributed by atoms with Gasteiger partial charge >= 0.3 is 0 Å². The van der Waals surface area contributed by atoms with Gasteiger partial charge in [-0.2, -0.15) is 5.10 Å². The summed E-state index contributed by atoms with van der Waals surface area (Å²) < 4.78 is 1.75. The van der Waals surface area contributed by atoms with Crippen LogP contribution in [0.25, 0.3) is 5.82 Å². The molecule has 2 N–H and O–H groups in total. The van der Waals surface area contributed by atoms with Crippen molar-refractivity contribution in [2.45, 2.75) is 20.8 Å². The number of carbonyl (C=O) groups excluding carboxylic acids is 2. The number of rotatable bonds is 7. The van der Waals surface area contributed by atoms with Crippen LogP contribution in [-0.2, 0) is 9.59 Å². The maximum Gasteiger partial charge on any atom is 0.234 e. The molecule has 0 saturated carbocycles. The van der Waals surface area contributed by atoms with E-state index in [2.05, 4.69) is 20.7 Å². The second-order valence-corrected chi connectivity index (χ2v) is 7.68. The highest BCUT2D eigenvalue weighted by atomic mass is 32.2. The van der Waals surface area contributed by atoms with Crippen LogP contribution < -0.4 is 10.6 Å². The number of pyridine rings is 1. The molecule has 2 heterocycles. The number of thioether (sulfide) groups is 1. The lowest BCUT2D eigenvalue weighted by atomic mass is 10.2. The van der Waals surface area contributed by atoms with E-state index in [1.807, 2.05) is 51.1 Å². The number of nitrogens with zero attached hydrogens (tertiary/aromatic N) is 3. The number of anilines is 2. The summed E-state index contributed by atoms with van der Waals surface area (Å²) >= 11 is 1.26. The molecule has 150 valence electrons. The molecular formula is C21H23N5O2S. The quantitative estimate of drug-likeness (QED) is 0.623. The highest BCUT2D eigenvalue weighted by molar-refractivity contribution is 8.00. The highest BCUT2D eigenvalue weighted by Gasteiger charge is 2.08. The van der Waals surface area contributed by atoms with Gasteiger partial charge in [-0.25, -0.2) is 9.67 Å². The van der Waals surface area contributed by atoms with Crippen molar-refractivity contribution in [2.24, 2.45) is 0 Å². The fourth-order valence-corrected chi connectivity index (χ4v) is 3.33. The Morgan fingerprint density at radius 1 is 0.931 bits per heavy atom. The number of hydrogen-bond donors (Lipinski definition) is 2. The van der Waals surface area contributed by atoms with Crippen molar-refractivity contribution < 1.29 is 9.59 Å². The number of aromatic nitrogens is 3. The second kappa shape index (κ2) is 9.38. The molecule has 8 heteroatoms. The Morgan fingerprint density at radius 2 is 1.55 bits per heavy atom. The van der Waals surface area contributed by atoms with Crippen LogP contribution in [0.3, 0.4) is 0 Å². The summed E-state index contributed by atoms with van der Waals surface area (Å²) in [7, 11) is 0. The fourth-order valence-electron chi connectivity index (χ4n) is 2.71.